The second kappa shape index (κ2) is 6.20. The highest BCUT2D eigenvalue weighted by Gasteiger charge is 2.35. The Morgan fingerprint density at radius 1 is 1.18 bits per heavy atom. The van der Waals surface area contributed by atoms with E-state index in [1.165, 1.54) is 23.5 Å². The van der Waals surface area contributed by atoms with Crippen molar-refractivity contribution in [2.24, 2.45) is 0 Å². The van der Waals surface area contributed by atoms with Gasteiger partial charge in [-0.25, -0.2) is 13.8 Å². The Balaban J connectivity index is 1.70. The summed E-state index contributed by atoms with van der Waals surface area (Å²) in [5.41, 5.74) is 2.31. The summed E-state index contributed by atoms with van der Waals surface area (Å²) in [6.07, 6.45) is 0.0275. The van der Waals surface area contributed by atoms with Gasteiger partial charge in [0.2, 0.25) is 11.0 Å². The number of carbonyl (C=O) groups excluding carboxylic acids is 1. The number of halogens is 2. The zero-order chi connectivity index (χ0) is 19.4. The number of aryl methyl sites for hydroxylation is 1. The average Bonchev–Trinajstić information content (AvgIpc) is 3.24. The van der Waals surface area contributed by atoms with Gasteiger partial charge < -0.3 is 5.32 Å². The first kappa shape index (κ1) is 17.0. The van der Waals surface area contributed by atoms with Gasteiger partial charge in [0.15, 0.2) is 11.6 Å². The van der Waals surface area contributed by atoms with Crippen LogP contribution in [-0.4, -0.2) is 20.7 Å². The van der Waals surface area contributed by atoms with Crippen molar-refractivity contribution in [3.05, 3.63) is 70.9 Å². The van der Waals surface area contributed by atoms with Crippen LogP contribution >= 0.6 is 11.3 Å². The zero-order valence-corrected chi connectivity index (χ0v) is 15.6. The van der Waals surface area contributed by atoms with Crippen LogP contribution in [0.5, 0.6) is 0 Å². The van der Waals surface area contributed by atoms with Crippen molar-refractivity contribution in [3.63, 3.8) is 0 Å². The Bertz CT molecular complexity index is 1210. The van der Waals surface area contributed by atoms with Crippen LogP contribution in [0.2, 0.25) is 0 Å². The Morgan fingerprint density at radius 2 is 2.00 bits per heavy atom. The second-order valence-electron chi connectivity index (χ2n) is 6.67. The van der Waals surface area contributed by atoms with Crippen LogP contribution in [0.4, 0.5) is 14.6 Å². The number of rotatable bonds is 2. The standard InChI is InChI=1S/C20H14F2N4OS/c1-10-17-12(11-5-4-6-13(21)18(11)22)9-16(27)24-19(17)26(25-10)20-23-14-7-2-3-8-15(14)28-20/h2-8,12H,9H2,1H3,(H,24,27). The second-order valence-corrected chi connectivity index (χ2v) is 7.68. The summed E-state index contributed by atoms with van der Waals surface area (Å²) < 4.78 is 30.8. The third kappa shape index (κ3) is 2.52. The SMILES string of the molecule is Cc1nn(-c2nc3ccccc3s2)c2c1C(c1cccc(F)c1F)CC(=O)N2. The van der Waals surface area contributed by atoms with Crippen LogP contribution in [0.15, 0.2) is 42.5 Å². The molecule has 3 heterocycles. The number of nitrogens with one attached hydrogen (secondary N) is 1. The van der Waals surface area contributed by atoms with E-state index in [2.05, 4.69) is 15.4 Å². The summed E-state index contributed by atoms with van der Waals surface area (Å²) >= 11 is 1.44. The normalized spacial score (nSPS) is 16.2. The minimum atomic E-state index is -0.930. The fourth-order valence-electron chi connectivity index (χ4n) is 3.69. The highest BCUT2D eigenvalue weighted by atomic mass is 32.1. The van der Waals surface area contributed by atoms with Crippen molar-refractivity contribution in [1.29, 1.82) is 0 Å². The van der Waals surface area contributed by atoms with E-state index in [9.17, 15) is 13.6 Å². The smallest absolute Gasteiger partial charge is 0.226 e. The van der Waals surface area contributed by atoms with Crippen molar-refractivity contribution in [2.75, 3.05) is 5.32 Å². The first-order chi connectivity index (χ1) is 13.5. The van der Waals surface area contributed by atoms with E-state index in [-0.39, 0.29) is 17.9 Å². The lowest BCUT2D eigenvalue weighted by Crippen LogP contribution is -2.25. The Labute approximate surface area is 162 Å². The molecule has 1 N–H and O–H groups in total. The summed E-state index contributed by atoms with van der Waals surface area (Å²) in [4.78, 5) is 17.0. The molecule has 0 bridgehead atoms. The molecule has 0 fully saturated rings. The maximum Gasteiger partial charge on any atom is 0.226 e. The first-order valence-electron chi connectivity index (χ1n) is 8.72. The number of thiazole rings is 1. The molecule has 1 aliphatic rings. The van der Waals surface area contributed by atoms with E-state index in [1.54, 1.807) is 11.6 Å². The Kier molecular flexibility index (Phi) is 3.77. The van der Waals surface area contributed by atoms with Gasteiger partial charge in [0.1, 0.15) is 5.82 Å². The molecule has 28 heavy (non-hydrogen) atoms. The van der Waals surface area contributed by atoms with Crippen molar-refractivity contribution in [2.45, 2.75) is 19.3 Å². The van der Waals surface area contributed by atoms with Crippen molar-refractivity contribution >= 4 is 33.3 Å². The van der Waals surface area contributed by atoms with E-state index < -0.39 is 17.6 Å². The molecule has 140 valence electrons. The van der Waals surface area contributed by atoms with Gasteiger partial charge in [0.25, 0.3) is 0 Å². The monoisotopic (exact) mass is 396 g/mol. The van der Waals surface area contributed by atoms with Gasteiger partial charge in [-0.1, -0.05) is 35.6 Å². The van der Waals surface area contributed by atoms with E-state index in [0.717, 1.165) is 16.3 Å². The fraction of sp³-hybridized carbons (Fsp3) is 0.150. The fourth-order valence-corrected chi connectivity index (χ4v) is 4.62. The van der Waals surface area contributed by atoms with E-state index in [1.807, 2.05) is 24.3 Å². The number of anilines is 1. The predicted octanol–water partition coefficient (Wildman–Crippen LogP) is 4.54. The topological polar surface area (TPSA) is 59.8 Å². The number of fused-ring (bicyclic) bond motifs is 2. The minimum Gasteiger partial charge on any atom is -0.310 e. The third-order valence-electron chi connectivity index (χ3n) is 4.92. The minimum absolute atomic E-state index is 0.0275. The molecule has 1 aliphatic heterocycles. The first-order valence-corrected chi connectivity index (χ1v) is 9.54. The average molecular weight is 396 g/mol. The van der Waals surface area contributed by atoms with Crippen molar-refractivity contribution < 1.29 is 13.6 Å². The van der Waals surface area contributed by atoms with Gasteiger partial charge in [-0.15, -0.1) is 0 Å². The lowest BCUT2D eigenvalue weighted by atomic mass is 9.85. The summed E-state index contributed by atoms with van der Waals surface area (Å²) in [6, 6.07) is 11.7. The number of hydrogen-bond acceptors (Lipinski definition) is 4. The molecular weight excluding hydrogens is 382 g/mol. The molecule has 0 aliphatic carbocycles. The van der Waals surface area contributed by atoms with Crippen LogP contribution in [0, 0.1) is 18.6 Å². The molecule has 2 aromatic heterocycles. The third-order valence-corrected chi connectivity index (χ3v) is 5.94. The summed E-state index contributed by atoms with van der Waals surface area (Å²) in [5.74, 6) is -2.28. The number of hydrogen-bond donors (Lipinski definition) is 1. The molecule has 5 rings (SSSR count). The van der Waals surface area contributed by atoms with Crippen LogP contribution < -0.4 is 5.32 Å². The highest BCUT2D eigenvalue weighted by Crippen LogP contribution is 2.42. The van der Waals surface area contributed by atoms with Gasteiger partial charge in [0, 0.05) is 17.9 Å². The number of para-hydroxylation sites is 1. The maximum atomic E-state index is 14.5. The highest BCUT2D eigenvalue weighted by molar-refractivity contribution is 7.20. The predicted molar refractivity (Wildman–Crippen MR) is 103 cm³/mol. The lowest BCUT2D eigenvalue weighted by molar-refractivity contribution is -0.116. The summed E-state index contributed by atoms with van der Waals surface area (Å²) in [6.45, 7) is 1.80. The van der Waals surface area contributed by atoms with Crippen molar-refractivity contribution in [1.82, 2.24) is 14.8 Å². The Hall–Kier alpha value is -3.13. The Morgan fingerprint density at radius 3 is 2.82 bits per heavy atom. The summed E-state index contributed by atoms with van der Waals surface area (Å²) in [5, 5.41) is 7.99. The molecule has 2 aromatic carbocycles. The van der Waals surface area contributed by atoms with Crippen LogP contribution in [0.1, 0.15) is 29.2 Å². The molecule has 0 saturated carbocycles. The number of benzene rings is 2. The van der Waals surface area contributed by atoms with Crippen LogP contribution in [0.3, 0.4) is 0 Å². The lowest BCUT2D eigenvalue weighted by Gasteiger charge is -2.24. The van der Waals surface area contributed by atoms with E-state index in [0.29, 0.717) is 22.2 Å². The molecule has 0 radical (unpaired) electrons. The van der Waals surface area contributed by atoms with Gasteiger partial charge in [-0.05, 0) is 30.7 Å². The quantitative estimate of drug-likeness (QED) is 0.541. The van der Waals surface area contributed by atoms with Crippen LogP contribution in [0.25, 0.3) is 15.3 Å². The van der Waals surface area contributed by atoms with Gasteiger partial charge in [-0.2, -0.15) is 9.78 Å². The van der Waals surface area contributed by atoms with Crippen molar-refractivity contribution in [3.8, 4) is 5.13 Å². The van der Waals surface area contributed by atoms with Crippen LogP contribution in [-0.2, 0) is 4.79 Å². The molecule has 1 atom stereocenters. The molecular formula is C20H14F2N4OS. The van der Waals surface area contributed by atoms with Gasteiger partial charge in [-0.3, -0.25) is 4.79 Å². The van der Waals surface area contributed by atoms with E-state index in [4.69, 9.17) is 0 Å². The van der Waals surface area contributed by atoms with Gasteiger partial charge in [0.05, 0.1) is 15.9 Å². The zero-order valence-electron chi connectivity index (χ0n) is 14.7. The largest absolute Gasteiger partial charge is 0.310 e. The molecule has 4 aromatic rings. The molecule has 8 heteroatoms. The van der Waals surface area contributed by atoms with E-state index >= 15 is 0 Å². The number of aromatic nitrogens is 3. The van der Waals surface area contributed by atoms with Gasteiger partial charge >= 0.3 is 0 Å². The molecule has 1 unspecified atom stereocenters. The number of amides is 1. The molecule has 0 spiro atoms. The number of carbonyl (C=O) groups is 1. The number of nitrogens with zero attached hydrogens (tertiary/aromatic N) is 3. The molecule has 1 amide bonds. The molecule has 5 nitrogen and oxygen atoms in total. The molecule has 0 saturated heterocycles. The maximum absolute atomic E-state index is 14.5. The summed E-state index contributed by atoms with van der Waals surface area (Å²) in [7, 11) is 0.